The van der Waals surface area contributed by atoms with Crippen molar-refractivity contribution in [3.8, 4) is 5.75 Å². The zero-order valence-corrected chi connectivity index (χ0v) is 10.5. The molecule has 2 rings (SSSR count). The topological polar surface area (TPSA) is 35.2 Å². The summed E-state index contributed by atoms with van der Waals surface area (Å²) in [5.41, 5.74) is 9.83. The van der Waals surface area contributed by atoms with E-state index in [0.29, 0.717) is 12.1 Å². The molecule has 94 valence electrons. The van der Waals surface area contributed by atoms with E-state index in [1.807, 2.05) is 19.1 Å². The van der Waals surface area contributed by atoms with Crippen molar-refractivity contribution < 1.29 is 9.13 Å². The lowest BCUT2D eigenvalue weighted by molar-refractivity contribution is 0.414. The minimum atomic E-state index is -0.222. The maximum atomic E-state index is 12.8. The van der Waals surface area contributed by atoms with Crippen molar-refractivity contribution in [2.75, 3.05) is 12.8 Å². The van der Waals surface area contributed by atoms with Crippen molar-refractivity contribution in [1.29, 1.82) is 0 Å². The summed E-state index contributed by atoms with van der Waals surface area (Å²) in [5.74, 6) is 0.524. The van der Waals surface area contributed by atoms with Gasteiger partial charge in [-0.25, -0.2) is 4.39 Å². The number of nitrogen functional groups attached to an aromatic ring is 1. The number of anilines is 1. The number of hydrogen-bond donors (Lipinski definition) is 1. The highest BCUT2D eigenvalue weighted by Gasteiger charge is 2.06. The van der Waals surface area contributed by atoms with Gasteiger partial charge in [0, 0.05) is 11.8 Å². The molecular formula is C15H16FNO. The van der Waals surface area contributed by atoms with Crippen molar-refractivity contribution in [3.63, 3.8) is 0 Å². The molecule has 0 unspecified atom stereocenters. The van der Waals surface area contributed by atoms with Gasteiger partial charge in [-0.2, -0.15) is 0 Å². The molecule has 0 aliphatic heterocycles. The van der Waals surface area contributed by atoms with Gasteiger partial charge < -0.3 is 10.5 Å². The van der Waals surface area contributed by atoms with E-state index in [-0.39, 0.29) is 5.82 Å². The Morgan fingerprint density at radius 1 is 1.17 bits per heavy atom. The molecule has 0 aliphatic carbocycles. The number of methoxy groups -OCH3 is 1. The minimum Gasteiger partial charge on any atom is -0.497 e. The van der Waals surface area contributed by atoms with Gasteiger partial charge in [-0.15, -0.1) is 0 Å². The van der Waals surface area contributed by atoms with Gasteiger partial charge in [0.1, 0.15) is 11.6 Å². The van der Waals surface area contributed by atoms with Crippen LogP contribution in [0.1, 0.15) is 16.7 Å². The first-order valence-electron chi connectivity index (χ1n) is 5.77. The molecule has 0 aliphatic rings. The number of nitrogens with two attached hydrogens (primary N) is 1. The summed E-state index contributed by atoms with van der Waals surface area (Å²) in [6.45, 7) is 1.98. The summed E-state index contributed by atoms with van der Waals surface area (Å²) >= 11 is 0. The first kappa shape index (κ1) is 12.4. The Kier molecular flexibility index (Phi) is 3.51. The second-order valence-electron chi connectivity index (χ2n) is 4.30. The summed E-state index contributed by atoms with van der Waals surface area (Å²) in [6.07, 6.45) is 0.716. The minimum absolute atomic E-state index is 0.222. The normalized spacial score (nSPS) is 10.4. The third-order valence-corrected chi connectivity index (χ3v) is 3.07. The number of halogens is 1. The van der Waals surface area contributed by atoms with Crippen LogP contribution in [0.2, 0.25) is 0 Å². The summed E-state index contributed by atoms with van der Waals surface area (Å²) < 4.78 is 18.1. The molecule has 0 aromatic heterocycles. The van der Waals surface area contributed by atoms with Crippen molar-refractivity contribution in [2.45, 2.75) is 13.3 Å². The Morgan fingerprint density at radius 2 is 1.83 bits per heavy atom. The van der Waals surface area contributed by atoms with E-state index in [0.717, 1.165) is 22.4 Å². The fourth-order valence-corrected chi connectivity index (χ4v) is 1.89. The van der Waals surface area contributed by atoms with Crippen LogP contribution >= 0.6 is 0 Å². The summed E-state index contributed by atoms with van der Waals surface area (Å²) in [5, 5.41) is 0. The molecule has 0 amide bonds. The predicted octanol–water partition coefficient (Wildman–Crippen LogP) is 3.32. The average molecular weight is 245 g/mol. The molecule has 0 radical (unpaired) electrons. The van der Waals surface area contributed by atoms with Crippen molar-refractivity contribution in [3.05, 3.63) is 58.9 Å². The van der Waals surface area contributed by atoms with E-state index in [1.165, 1.54) is 12.1 Å². The van der Waals surface area contributed by atoms with Crippen LogP contribution < -0.4 is 10.5 Å². The van der Waals surface area contributed by atoms with Crippen LogP contribution in [0.3, 0.4) is 0 Å². The summed E-state index contributed by atoms with van der Waals surface area (Å²) in [7, 11) is 1.62. The van der Waals surface area contributed by atoms with Gasteiger partial charge in [-0.3, -0.25) is 0 Å². The van der Waals surface area contributed by atoms with E-state index < -0.39 is 0 Å². The third-order valence-electron chi connectivity index (χ3n) is 3.07. The van der Waals surface area contributed by atoms with Gasteiger partial charge in [0.15, 0.2) is 0 Å². The molecule has 2 aromatic carbocycles. The molecule has 3 heteroatoms. The summed E-state index contributed by atoms with van der Waals surface area (Å²) in [4.78, 5) is 0. The second-order valence-corrected chi connectivity index (χ2v) is 4.30. The van der Waals surface area contributed by atoms with E-state index in [1.54, 1.807) is 19.2 Å². The van der Waals surface area contributed by atoms with Gasteiger partial charge >= 0.3 is 0 Å². The van der Waals surface area contributed by atoms with Crippen LogP contribution in [0.4, 0.5) is 10.1 Å². The fourth-order valence-electron chi connectivity index (χ4n) is 1.89. The number of hydrogen-bond acceptors (Lipinski definition) is 2. The lowest BCUT2D eigenvalue weighted by atomic mass is 9.99. The van der Waals surface area contributed by atoms with Crippen LogP contribution in [0, 0.1) is 12.7 Å². The quantitative estimate of drug-likeness (QED) is 0.842. The van der Waals surface area contributed by atoms with Gasteiger partial charge in [-0.1, -0.05) is 12.1 Å². The molecule has 0 spiro atoms. The Bertz CT molecular complexity index is 549. The first-order chi connectivity index (χ1) is 8.60. The Morgan fingerprint density at radius 3 is 2.44 bits per heavy atom. The largest absolute Gasteiger partial charge is 0.497 e. The molecule has 0 saturated heterocycles. The molecule has 2 N–H and O–H groups in total. The molecular weight excluding hydrogens is 229 g/mol. The molecule has 2 nitrogen and oxygen atoms in total. The van der Waals surface area contributed by atoms with Crippen molar-refractivity contribution >= 4 is 5.69 Å². The van der Waals surface area contributed by atoms with Gasteiger partial charge in [0.25, 0.3) is 0 Å². The Hall–Kier alpha value is -2.03. The van der Waals surface area contributed by atoms with Crippen LogP contribution in [0.25, 0.3) is 0 Å². The van der Waals surface area contributed by atoms with E-state index in [9.17, 15) is 4.39 Å². The molecule has 18 heavy (non-hydrogen) atoms. The van der Waals surface area contributed by atoms with E-state index >= 15 is 0 Å². The standard InChI is InChI=1S/C15H16FNO/c1-10-12(8-14(18-2)9-15(10)17)7-11-3-5-13(16)6-4-11/h3-6,8-9H,7,17H2,1-2H3. The molecule has 0 saturated carbocycles. The molecule has 2 aromatic rings. The first-order valence-corrected chi connectivity index (χ1v) is 5.77. The maximum absolute atomic E-state index is 12.8. The molecule has 0 bridgehead atoms. The van der Waals surface area contributed by atoms with Crippen molar-refractivity contribution in [2.24, 2.45) is 0 Å². The summed E-state index contributed by atoms with van der Waals surface area (Å²) in [6, 6.07) is 10.3. The number of ether oxygens (including phenoxy) is 1. The van der Waals surface area contributed by atoms with Crippen LogP contribution in [-0.2, 0) is 6.42 Å². The zero-order chi connectivity index (χ0) is 13.1. The second kappa shape index (κ2) is 5.08. The molecule has 0 fully saturated rings. The van der Waals surface area contributed by atoms with Crippen molar-refractivity contribution in [1.82, 2.24) is 0 Å². The van der Waals surface area contributed by atoms with E-state index in [2.05, 4.69) is 0 Å². The van der Waals surface area contributed by atoms with Gasteiger partial charge in [0.2, 0.25) is 0 Å². The number of benzene rings is 2. The average Bonchev–Trinajstić information content (AvgIpc) is 2.37. The van der Waals surface area contributed by atoms with Gasteiger partial charge in [0.05, 0.1) is 7.11 Å². The molecule has 0 atom stereocenters. The fraction of sp³-hybridized carbons (Fsp3) is 0.200. The molecule has 0 heterocycles. The third kappa shape index (κ3) is 2.62. The van der Waals surface area contributed by atoms with Crippen LogP contribution in [-0.4, -0.2) is 7.11 Å². The smallest absolute Gasteiger partial charge is 0.123 e. The monoisotopic (exact) mass is 245 g/mol. The highest BCUT2D eigenvalue weighted by molar-refractivity contribution is 5.55. The highest BCUT2D eigenvalue weighted by atomic mass is 19.1. The van der Waals surface area contributed by atoms with Crippen LogP contribution in [0.15, 0.2) is 36.4 Å². The lowest BCUT2D eigenvalue weighted by Gasteiger charge is -2.11. The Labute approximate surface area is 106 Å². The lowest BCUT2D eigenvalue weighted by Crippen LogP contribution is -1.99. The van der Waals surface area contributed by atoms with Gasteiger partial charge in [-0.05, 0) is 48.2 Å². The maximum Gasteiger partial charge on any atom is 0.123 e. The SMILES string of the molecule is COc1cc(N)c(C)c(Cc2ccc(F)cc2)c1. The Balaban J connectivity index is 2.33. The zero-order valence-electron chi connectivity index (χ0n) is 10.5. The predicted molar refractivity (Wildman–Crippen MR) is 71.3 cm³/mol. The van der Waals surface area contributed by atoms with Crippen LogP contribution in [0.5, 0.6) is 5.75 Å². The highest BCUT2D eigenvalue weighted by Crippen LogP contribution is 2.25. The number of rotatable bonds is 3. The van der Waals surface area contributed by atoms with E-state index in [4.69, 9.17) is 10.5 Å².